The van der Waals surface area contributed by atoms with E-state index in [-0.39, 0.29) is 12.0 Å². The van der Waals surface area contributed by atoms with Crippen LogP contribution in [0.5, 0.6) is 0 Å². The Labute approximate surface area is 132 Å². The van der Waals surface area contributed by atoms with E-state index in [1.54, 1.807) is 0 Å². The molecule has 3 rings (SSSR count). The van der Waals surface area contributed by atoms with E-state index in [0.29, 0.717) is 27.3 Å². The summed E-state index contributed by atoms with van der Waals surface area (Å²) in [4.78, 5) is 12.2. The number of halogens is 2. The van der Waals surface area contributed by atoms with Crippen LogP contribution in [0, 0.1) is 12.7 Å². The van der Waals surface area contributed by atoms with Gasteiger partial charge in [0.2, 0.25) is 5.95 Å². The van der Waals surface area contributed by atoms with E-state index in [2.05, 4.69) is 15.0 Å². The van der Waals surface area contributed by atoms with E-state index in [0.717, 1.165) is 5.82 Å². The number of imidazole rings is 1. The molecule has 0 aliphatic rings. The van der Waals surface area contributed by atoms with Crippen molar-refractivity contribution in [3.8, 4) is 11.3 Å². The number of aromatic nitrogens is 4. The molecule has 2 heterocycles. The van der Waals surface area contributed by atoms with E-state index in [9.17, 15) is 4.39 Å². The predicted molar refractivity (Wildman–Crippen MR) is 85.3 cm³/mol. The van der Waals surface area contributed by atoms with Crippen molar-refractivity contribution in [2.45, 2.75) is 26.8 Å². The number of nitrogens with two attached hydrogens (primary N) is 1. The molecule has 0 atom stereocenters. The number of rotatable bonds is 2. The molecule has 0 radical (unpaired) electrons. The summed E-state index contributed by atoms with van der Waals surface area (Å²) in [5, 5.41) is 0.320. The van der Waals surface area contributed by atoms with Crippen LogP contribution in [0.4, 0.5) is 10.3 Å². The maximum atomic E-state index is 14.4. The normalized spacial score (nSPS) is 11.5. The van der Waals surface area contributed by atoms with Gasteiger partial charge in [0, 0.05) is 11.6 Å². The number of aryl methyl sites for hydroxylation is 1. The van der Waals surface area contributed by atoms with Crippen LogP contribution in [0.25, 0.3) is 22.3 Å². The predicted octanol–water partition coefficient (Wildman–Crippen LogP) is 3.76. The molecule has 0 spiro atoms. The fraction of sp³-hybridized carbons (Fsp3) is 0.267. The summed E-state index contributed by atoms with van der Waals surface area (Å²) in [7, 11) is 0. The largest absolute Gasteiger partial charge is 0.368 e. The summed E-state index contributed by atoms with van der Waals surface area (Å²) in [6.45, 7) is 5.90. The summed E-state index contributed by atoms with van der Waals surface area (Å²) in [5.41, 5.74) is 7.60. The van der Waals surface area contributed by atoms with E-state index >= 15 is 0 Å². The number of benzene rings is 1. The lowest BCUT2D eigenvalue weighted by Gasteiger charge is -2.12. The summed E-state index contributed by atoms with van der Waals surface area (Å²) in [5.74, 6) is 0.436. The summed E-state index contributed by atoms with van der Waals surface area (Å²) >= 11 is 6.12. The summed E-state index contributed by atoms with van der Waals surface area (Å²) < 4.78 is 16.4. The zero-order chi connectivity index (χ0) is 16.0. The third-order valence-corrected chi connectivity index (χ3v) is 3.75. The first-order valence-electron chi connectivity index (χ1n) is 6.85. The molecule has 22 heavy (non-hydrogen) atoms. The molecule has 0 fully saturated rings. The molecule has 0 bridgehead atoms. The van der Waals surface area contributed by atoms with Crippen LogP contribution in [0.1, 0.15) is 25.7 Å². The first kappa shape index (κ1) is 14.7. The lowest BCUT2D eigenvalue weighted by Crippen LogP contribution is -2.03. The van der Waals surface area contributed by atoms with E-state index < -0.39 is 5.82 Å². The average Bonchev–Trinajstić information content (AvgIpc) is 2.78. The van der Waals surface area contributed by atoms with Gasteiger partial charge in [-0.2, -0.15) is 0 Å². The van der Waals surface area contributed by atoms with Crippen molar-refractivity contribution in [3.63, 3.8) is 0 Å². The first-order chi connectivity index (χ1) is 10.4. The van der Waals surface area contributed by atoms with Crippen LogP contribution in [0.15, 0.2) is 18.3 Å². The number of hydrogen-bond acceptors (Lipinski definition) is 4. The molecular weight excluding hydrogens is 305 g/mol. The Hall–Kier alpha value is -2.21. The number of nitrogens with zero attached hydrogens (tertiary/aromatic N) is 4. The van der Waals surface area contributed by atoms with Crippen molar-refractivity contribution in [1.29, 1.82) is 0 Å². The quantitative estimate of drug-likeness (QED) is 0.781. The van der Waals surface area contributed by atoms with Gasteiger partial charge >= 0.3 is 0 Å². The smallest absolute Gasteiger partial charge is 0.220 e. The van der Waals surface area contributed by atoms with Crippen LogP contribution >= 0.6 is 11.6 Å². The molecule has 114 valence electrons. The maximum absolute atomic E-state index is 14.4. The average molecular weight is 320 g/mol. The third-order valence-electron chi connectivity index (χ3n) is 3.48. The van der Waals surface area contributed by atoms with Crippen LogP contribution in [-0.4, -0.2) is 19.5 Å². The molecular formula is C15H15ClFN5. The molecule has 1 aromatic carbocycles. The van der Waals surface area contributed by atoms with Crippen molar-refractivity contribution < 1.29 is 4.39 Å². The number of nitrogen functional groups attached to an aromatic ring is 1. The van der Waals surface area contributed by atoms with E-state index in [4.69, 9.17) is 17.3 Å². The highest BCUT2D eigenvalue weighted by molar-refractivity contribution is 6.33. The van der Waals surface area contributed by atoms with Crippen LogP contribution in [0.2, 0.25) is 5.02 Å². The minimum Gasteiger partial charge on any atom is -0.368 e. The fourth-order valence-corrected chi connectivity index (χ4v) is 2.84. The Kier molecular flexibility index (Phi) is 3.48. The highest BCUT2D eigenvalue weighted by Crippen LogP contribution is 2.31. The zero-order valence-electron chi connectivity index (χ0n) is 12.4. The molecule has 0 aliphatic heterocycles. The monoisotopic (exact) mass is 319 g/mol. The van der Waals surface area contributed by atoms with Crippen LogP contribution in [0.3, 0.4) is 0 Å². The SMILES string of the molecule is Cc1nc2c(F)cc(-c3nc(N)ncc3Cl)cc2n1C(C)C. The van der Waals surface area contributed by atoms with Crippen LogP contribution in [-0.2, 0) is 0 Å². The number of hydrogen-bond donors (Lipinski definition) is 1. The van der Waals surface area contributed by atoms with Gasteiger partial charge in [-0.05, 0) is 32.9 Å². The fourth-order valence-electron chi connectivity index (χ4n) is 2.64. The van der Waals surface area contributed by atoms with Gasteiger partial charge in [-0.1, -0.05) is 11.6 Å². The Morgan fingerprint density at radius 1 is 1.27 bits per heavy atom. The first-order valence-corrected chi connectivity index (χ1v) is 7.22. The van der Waals surface area contributed by atoms with E-state index in [1.165, 1.54) is 12.3 Å². The number of anilines is 1. The second-order valence-electron chi connectivity index (χ2n) is 5.37. The maximum Gasteiger partial charge on any atom is 0.220 e. The van der Waals surface area contributed by atoms with Gasteiger partial charge in [0.1, 0.15) is 11.3 Å². The Morgan fingerprint density at radius 3 is 2.68 bits per heavy atom. The molecule has 0 amide bonds. The molecule has 0 saturated heterocycles. The Morgan fingerprint density at radius 2 is 2.00 bits per heavy atom. The van der Waals surface area contributed by atoms with E-state index in [1.807, 2.05) is 31.4 Å². The molecule has 7 heteroatoms. The van der Waals surface area contributed by atoms with Gasteiger partial charge in [-0.15, -0.1) is 0 Å². The molecule has 0 aliphatic carbocycles. The lowest BCUT2D eigenvalue weighted by molar-refractivity contribution is 0.600. The number of fused-ring (bicyclic) bond motifs is 1. The highest BCUT2D eigenvalue weighted by Gasteiger charge is 2.17. The van der Waals surface area contributed by atoms with Gasteiger partial charge < -0.3 is 10.3 Å². The molecule has 2 N–H and O–H groups in total. The zero-order valence-corrected chi connectivity index (χ0v) is 13.2. The summed E-state index contributed by atoms with van der Waals surface area (Å²) in [6, 6.07) is 3.35. The molecule has 2 aromatic heterocycles. The summed E-state index contributed by atoms with van der Waals surface area (Å²) in [6.07, 6.45) is 1.41. The minimum absolute atomic E-state index is 0.0912. The van der Waals surface area contributed by atoms with Crippen molar-refractivity contribution >= 4 is 28.6 Å². The van der Waals surface area contributed by atoms with Gasteiger partial charge in [-0.25, -0.2) is 19.3 Å². The molecule has 5 nitrogen and oxygen atoms in total. The minimum atomic E-state index is -0.414. The topological polar surface area (TPSA) is 69.6 Å². The van der Waals surface area contributed by atoms with Crippen LogP contribution < -0.4 is 5.73 Å². The molecule has 3 aromatic rings. The highest BCUT2D eigenvalue weighted by atomic mass is 35.5. The van der Waals surface area contributed by atoms with Crippen molar-refractivity contribution in [3.05, 3.63) is 35.0 Å². The Balaban J connectivity index is 2.32. The van der Waals surface area contributed by atoms with Gasteiger partial charge in [-0.3, -0.25) is 0 Å². The third kappa shape index (κ3) is 2.29. The van der Waals surface area contributed by atoms with Gasteiger partial charge in [0.05, 0.1) is 22.4 Å². The molecule has 0 saturated carbocycles. The van der Waals surface area contributed by atoms with Crippen molar-refractivity contribution in [1.82, 2.24) is 19.5 Å². The standard InChI is InChI=1S/C15H15ClFN5/c1-7(2)22-8(3)20-14-11(17)4-9(5-12(14)22)13-10(16)6-19-15(18)21-13/h4-7H,1-3H3,(H2,18,19,21). The second kappa shape index (κ2) is 5.21. The Bertz CT molecular complexity index is 872. The van der Waals surface area contributed by atoms with Gasteiger partial charge in [0.15, 0.2) is 5.82 Å². The second-order valence-corrected chi connectivity index (χ2v) is 5.78. The lowest BCUT2D eigenvalue weighted by atomic mass is 10.1. The van der Waals surface area contributed by atoms with Crippen molar-refractivity contribution in [2.24, 2.45) is 0 Å². The molecule has 0 unspecified atom stereocenters. The van der Waals surface area contributed by atoms with Gasteiger partial charge in [0.25, 0.3) is 0 Å². The van der Waals surface area contributed by atoms with Crippen molar-refractivity contribution in [2.75, 3.05) is 5.73 Å².